The SMILES string of the molecule is CC(C)C[C@H](CO)Nc1cc(NC(C)(C)C)nc2cc(-c3ccnn3C3CCCCO3)sc12. The molecule has 0 aliphatic carbocycles. The predicted octanol–water partition coefficient (Wildman–Crippen LogP) is 5.89. The average Bonchev–Trinajstić information content (AvgIpc) is 3.39. The van der Waals surface area contributed by atoms with Gasteiger partial charge in [0.15, 0.2) is 6.23 Å². The maximum absolute atomic E-state index is 9.98. The molecule has 0 saturated carbocycles. The Morgan fingerprint density at radius 3 is 2.76 bits per heavy atom. The van der Waals surface area contributed by atoms with Crippen molar-refractivity contribution in [1.82, 2.24) is 14.8 Å². The van der Waals surface area contributed by atoms with Crippen LogP contribution in [-0.2, 0) is 4.74 Å². The molecule has 0 aromatic carbocycles. The highest BCUT2D eigenvalue weighted by Gasteiger charge is 2.22. The summed E-state index contributed by atoms with van der Waals surface area (Å²) in [5.74, 6) is 1.31. The lowest BCUT2D eigenvalue weighted by molar-refractivity contribution is -0.0383. The molecule has 1 saturated heterocycles. The van der Waals surface area contributed by atoms with Crippen molar-refractivity contribution >= 4 is 33.1 Å². The molecule has 180 valence electrons. The minimum atomic E-state index is -0.109. The molecular formula is C25H37N5O2S. The van der Waals surface area contributed by atoms with Gasteiger partial charge in [0.05, 0.1) is 33.1 Å². The monoisotopic (exact) mass is 471 g/mol. The van der Waals surface area contributed by atoms with Crippen LogP contribution in [0.5, 0.6) is 0 Å². The largest absolute Gasteiger partial charge is 0.394 e. The van der Waals surface area contributed by atoms with Crippen molar-refractivity contribution in [2.75, 3.05) is 23.8 Å². The first kappa shape index (κ1) is 24.0. The number of fused-ring (bicyclic) bond motifs is 1. The molecule has 8 heteroatoms. The van der Waals surface area contributed by atoms with Crippen LogP contribution in [0.4, 0.5) is 11.5 Å². The number of rotatable bonds is 8. The van der Waals surface area contributed by atoms with Gasteiger partial charge in [-0.15, -0.1) is 11.3 Å². The molecule has 0 bridgehead atoms. The van der Waals surface area contributed by atoms with E-state index in [2.05, 4.69) is 68.6 Å². The van der Waals surface area contributed by atoms with Gasteiger partial charge in [0.1, 0.15) is 5.82 Å². The number of nitrogens with one attached hydrogen (secondary N) is 2. The Morgan fingerprint density at radius 2 is 2.09 bits per heavy atom. The standard InChI is InChI=1S/C25H37N5O2S/c1-16(2)12-17(15-31)27-19-14-22(29-25(3,4)5)28-18-13-21(33-24(18)19)20-9-10-26-30(20)23-8-6-7-11-32-23/h9-10,13-14,16-17,23,31H,6-8,11-12,15H2,1-5H3,(H2,27,28,29)/t17-,23?/m1/s1. The summed E-state index contributed by atoms with van der Waals surface area (Å²) in [5.41, 5.74) is 2.89. The Kier molecular flexibility index (Phi) is 7.26. The van der Waals surface area contributed by atoms with E-state index in [1.807, 2.05) is 10.9 Å². The average molecular weight is 472 g/mol. The highest BCUT2D eigenvalue weighted by atomic mass is 32.1. The smallest absolute Gasteiger partial charge is 0.150 e. The Morgan fingerprint density at radius 1 is 1.27 bits per heavy atom. The van der Waals surface area contributed by atoms with Crippen LogP contribution in [0.2, 0.25) is 0 Å². The van der Waals surface area contributed by atoms with Gasteiger partial charge >= 0.3 is 0 Å². The second-order valence-electron chi connectivity index (χ2n) is 10.4. The number of nitrogens with zero attached hydrogens (tertiary/aromatic N) is 3. The molecule has 4 rings (SSSR count). The number of aliphatic hydroxyl groups is 1. The van der Waals surface area contributed by atoms with Crippen molar-refractivity contribution in [2.45, 2.75) is 78.1 Å². The van der Waals surface area contributed by atoms with Crippen LogP contribution >= 0.6 is 11.3 Å². The molecule has 4 heterocycles. The molecule has 3 N–H and O–H groups in total. The molecule has 3 aromatic rings. The minimum absolute atomic E-state index is 0.00944. The second-order valence-corrected chi connectivity index (χ2v) is 11.4. The number of hydrogen-bond donors (Lipinski definition) is 3. The molecule has 1 aliphatic rings. The third kappa shape index (κ3) is 5.86. The number of thiophene rings is 1. The van der Waals surface area contributed by atoms with Gasteiger partial charge in [0.2, 0.25) is 0 Å². The first-order chi connectivity index (χ1) is 15.7. The summed E-state index contributed by atoms with van der Waals surface area (Å²) in [6, 6.07) is 6.26. The van der Waals surface area contributed by atoms with E-state index in [9.17, 15) is 5.11 Å². The van der Waals surface area contributed by atoms with Gasteiger partial charge in [-0.25, -0.2) is 9.67 Å². The summed E-state index contributed by atoms with van der Waals surface area (Å²) in [5, 5.41) is 21.7. The highest BCUT2D eigenvalue weighted by Crippen LogP contribution is 2.40. The molecule has 7 nitrogen and oxygen atoms in total. The summed E-state index contributed by atoms with van der Waals surface area (Å²) in [6.45, 7) is 11.6. The minimum Gasteiger partial charge on any atom is -0.394 e. The van der Waals surface area contributed by atoms with Gasteiger partial charge in [-0.1, -0.05) is 13.8 Å². The van der Waals surface area contributed by atoms with Crippen molar-refractivity contribution in [3.8, 4) is 10.6 Å². The van der Waals surface area contributed by atoms with Gasteiger partial charge in [0, 0.05) is 30.5 Å². The van der Waals surface area contributed by atoms with Crippen LogP contribution in [0, 0.1) is 5.92 Å². The highest BCUT2D eigenvalue weighted by molar-refractivity contribution is 7.22. The predicted molar refractivity (Wildman–Crippen MR) is 137 cm³/mol. The first-order valence-electron chi connectivity index (χ1n) is 12.0. The Bertz CT molecular complexity index is 1060. The van der Waals surface area contributed by atoms with E-state index in [1.165, 1.54) is 0 Å². The Hall–Kier alpha value is -2.16. The number of aromatic nitrogens is 3. The van der Waals surface area contributed by atoms with Crippen LogP contribution in [0.1, 0.15) is 66.5 Å². The first-order valence-corrected chi connectivity index (χ1v) is 12.8. The molecule has 0 amide bonds. The molecule has 1 fully saturated rings. The van der Waals surface area contributed by atoms with Gasteiger partial charge in [-0.3, -0.25) is 0 Å². The van der Waals surface area contributed by atoms with E-state index in [1.54, 1.807) is 11.3 Å². The zero-order valence-electron chi connectivity index (χ0n) is 20.4. The van der Waals surface area contributed by atoms with Crippen LogP contribution in [0.15, 0.2) is 24.4 Å². The second kappa shape index (κ2) is 9.99. The summed E-state index contributed by atoms with van der Waals surface area (Å²) < 4.78 is 9.10. The van der Waals surface area contributed by atoms with E-state index < -0.39 is 0 Å². The van der Waals surface area contributed by atoms with Crippen LogP contribution < -0.4 is 10.6 Å². The van der Waals surface area contributed by atoms with Gasteiger partial charge in [-0.05, 0) is 64.5 Å². The fourth-order valence-corrected chi connectivity index (χ4v) is 5.42. The Labute approximate surface area is 200 Å². The zero-order chi connectivity index (χ0) is 23.6. The molecule has 1 unspecified atom stereocenters. The molecule has 2 atom stereocenters. The molecule has 0 radical (unpaired) electrons. The Balaban J connectivity index is 1.74. The lowest BCUT2D eigenvalue weighted by atomic mass is 10.0. The normalized spacial score (nSPS) is 18.1. The zero-order valence-corrected chi connectivity index (χ0v) is 21.2. The van der Waals surface area contributed by atoms with Crippen molar-refractivity contribution in [3.63, 3.8) is 0 Å². The van der Waals surface area contributed by atoms with Crippen LogP contribution in [-0.4, -0.2) is 44.7 Å². The molecule has 33 heavy (non-hydrogen) atoms. The van der Waals surface area contributed by atoms with Gasteiger partial charge in [0.25, 0.3) is 0 Å². The number of anilines is 2. The maximum atomic E-state index is 9.98. The van der Waals surface area contributed by atoms with E-state index in [-0.39, 0.29) is 24.4 Å². The number of aliphatic hydroxyl groups excluding tert-OH is 1. The van der Waals surface area contributed by atoms with Gasteiger partial charge in [-0.2, -0.15) is 5.10 Å². The third-order valence-electron chi connectivity index (χ3n) is 5.67. The van der Waals surface area contributed by atoms with Crippen molar-refractivity contribution in [1.29, 1.82) is 0 Å². The number of pyridine rings is 1. The van der Waals surface area contributed by atoms with Crippen LogP contribution in [0.25, 0.3) is 20.8 Å². The van der Waals surface area contributed by atoms with E-state index >= 15 is 0 Å². The fraction of sp³-hybridized carbons (Fsp3) is 0.600. The maximum Gasteiger partial charge on any atom is 0.150 e. The molecule has 0 spiro atoms. The lowest BCUT2D eigenvalue weighted by Gasteiger charge is -2.24. The van der Waals surface area contributed by atoms with Gasteiger partial charge < -0.3 is 20.5 Å². The summed E-state index contributed by atoms with van der Waals surface area (Å²) in [7, 11) is 0. The molecule has 1 aliphatic heterocycles. The molecular weight excluding hydrogens is 434 g/mol. The summed E-state index contributed by atoms with van der Waals surface area (Å²) in [6.07, 6.45) is 5.99. The van der Waals surface area contributed by atoms with E-state index in [0.717, 1.165) is 64.6 Å². The number of ether oxygens (including phenoxy) is 1. The van der Waals surface area contributed by atoms with Crippen molar-refractivity contribution in [2.24, 2.45) is 5.92 Å². The quantitative estimate of drug-likeness (QED) is 0.380. The van der Waals surface area contributed by atoms with Crippen molar-refractivity contribution in [3.05, 3.63) is 24.4 Å². The fourth-order valence-electron chi connectivity index (χ4n) is 4.33. The van der Waals surface area contributed by atoms with E-state index in [0.29, 0.717) is 5.92 Å². The van der Waals surface area contributed by atoms with E-state index in [4.69, 9.17) is 9.72 Å². The van der Waals surface area contributed by atoms with Crippen LogP contribution in [0.3, 0.4) is 0 Å². The summed E-state index contributed by atoms with van der Waals surface area (Å²) in [4.78, 5) is 6.04. The lowest BCUT2D eigenvalue weighted by Crippen LogP contribution is -2.27. The van der Waals surface area contributed by atoms with Crippen molar-refractivity contribution < 1.29 is 9.84 Å². The molecule has 3 aromatic heterocycles. The third-order valence-corrected chi connectivity index (χ3v) is 6.85. The number of hydrogen-bond acceptors (Lipinski definition) is 7. The topological polar surface area (TPSA) is 84.2 Å². The summed E-state index contributed by atoms with van der Waals surface area (Å²) >= 11 is 1.71.